The van der Waals surface area contributed by atoms with Crippen LogP contribution in [0, 0.1) is 20.8 Å². The molecule has 0 aliphatic heterocycles. The maximum Gasteiger partial charge on any atom is 0.141 e. The van der Waals surface area contributed by atoms with E-state index in [4.69, 9.17) is 0 Å². The van der Waals surface area contributed by atoms with Crippen molar-refractivity contribution in [1.29, 1.82) is 0 Å². The van der Waals surface area contributed by atoms with Crippen LogP contribution in [0.5, 0.6) is 0 Å². The van der Waals surface area contributed by atoms with Gasteiger partial charge in [-0.05, 0) is 71.6 Å². The van der Waals surface area contributed by atoms with Gasteiger partial charge in [0.05, 0.1) is 11.0 Å². The van der Waals surface area contributed by atoms with E-state index in [1.54, 1.807) is 0 Å². The predicted octanol–water partition coefficient (Wildman–Crippen LogP) is 4.11. The van der Waals surface area contributed by atoms with E-state index in [-0.39, 0.29) is 0 Å². The molecular weight excluding hydrogens is 302 g/mol. The number of fused-ring (bicyclic) bond motifs is 1. The summed E-state index contributed by atoms with van der Waals surface area (Å²) in [6.45, 7) is 6.28. The highest BCUT2D eigenvalue weighted by atomic mass is 79.9. The van der Waals surface area contributed by atoms with Crippen molar-refractivity contribution in [1.82, 2.24) is 14.5 Å². The number of nitrogens with zero attached hydrogens (tertiary/aromatic N) is 3. The molecule has 0 saturated heterocycles. The van der Waals surface area contributed by atoms with Gasteiger partial charge in [-0.1, -0.05) is 0 Å². The fraction of sp³-hybridized carbons (Fsp3) is 0.200. The van der Waals surface area contributed by atoms with Crippen molar-refractivity contribution in [3.05, 3.63) is 51.9 Å². The quantitative estimate of drug-likeness (QED) is 0.676. The van der Waals surface area contributed by atoms with Crippen molar-refractivity contribution in [2.45, 2.75) is 20.8 Å². The van der Waals surface area contributed by atoms with E-state index in [2.05, 4.69) is 64.9 Å². The highest BCUT2D eigenvalue weighted by Crippen LogP contribution is 2.23. The van der Waals surface area contributed by atoms with Crippen LogP contribution in [0.25, 0.3) is 16.9 Å². The molecule has 3 aromatic rings. The Morgan fingerprint density at radius 1 is 0.947 bits per heavy atom. The maximum atomic E-state index is 4.50. The SMILES string of the molecule is Cc1cc2ncn(-c3ncc(Br)cc3C)c2cc1C. The zero-order chi connectivity index (χ0) is 13.6. The lowest BCUT2D eigenvalue weighted by Gasteiger charge is -2.08. The van der Waals surface area contributed by atoms with E-state index in [0.29, 0.717) is 0 Å². The molecule has 4 heteroatoms. The molecule has 0 N–H and O–H groups in total. The van der Waals surface area contributed by atoms with Crippen molar-refractivity contribution < 1.29 is 0 Å². The molecule has 0 saturated carbocycles. The molecule has 3 rings (SSSR count). The average Bonchev–Trinajstić information content (AvgIpc) is 2.73. The second-order valence-electron chi connectivity index (χ2n) is 4.83. The van der Waals surface area contributed by atoms with Crippen molar-refractivity contribution in [3.8, 4) is 5.82 Å². The third kappa shape index (κ3) is 2.06. The van der Waals surface area contributed by atoms with Crippen LogP contribution in [-0.4, -0.2) is 14.5 Å². The molecule has 0 unspecified atom stereocenters. The minimum atomic E-state index is 0.925. The number of pyridine rings is 1. The average molecular weight is 316 g/mol. The Bertz CT molecular complexity index is 774. The number of aromatic nitrogens is 3. The van der Waals surface area contributed by atoms with E-state index in [0.717, 1.165) is 26.9 Å². The zero-order valence-corrected chi connectivity index (χ0v) is 12.7. The minimum absolute atomic E-state index is 0.925. The van der Waals surface area contributed by atoms with Crippen LogP contribution in [-0.2, 0) is 0 Å². The first-order valence-corrected chi connectivity index (χ1v) is 6.92. The number of halogens is 1. The van der Waals surface area contributed by atoms with E-state index in [1.807, 2.05) is 17.1 Å². The molecule has 1 aromatic carbocycles. The molecule has 0 bridgehead atoms. The summed E-state index contributed by atoms with van der Waals surface area (Å²) in [6, 6.07) is 6.35. The van der Waals surface area contributed by atoms with Gasteiger partial charge in [-0.25, -0.2) is 9.97 Å². The van der Waals surface area contributed by atoms with Crippen LogP contribution in [0.3, 0.4) is 0 Å². The Kier molecular flexibility index (Phi) is 2.90. The maximum absolute atomic E-state index is 4.50. The highest BCUT2D eigenvalue weighted by Gasteiger charge is 2.09. The smallest absolute Gasteiger partial charge is 0.141 e. The summed E-state index contributed by atoms with van der Waals surface area (Å²) in [5.74, 6) is 0.925. The third-order valence-corrected chi connectivity index (χ3v) is 3.84. The number of benzene rings is 1. The molecule has 0 aliphatic carbocycles. The van der Waals surface area contributed by atoms with E-state index in [9.17, 15) is 0 Å². The molecule has 0 amide bonds. The first-order chi connectivity index (χ1) is 9.06. The van der Waals surface area contributed by atoms with Gasteiger partial charge in [-0.2, -0.15) is 0 Å². The van der Waals surface area contributed by atoms with Gasteiger partial charge in [-0.3, -0.25) is 4.57 Å². The lowest BCUT2D eigenvalue weighted by atomic mass is 10.1. The summed E-state index contributed by atoms with van der Waals surface area (Å²) in [5.41, 5.74) is 5.75. The van der Waals surface area contributed by atoms with Gasteiger partial charge in [0, 0.05) is 10.7 Å². The molecule has 0 radical (unpaired) electrons. The second kappa shape index (κ2) is 4.46. The first-order valence-electron chi connectivity index (χ1n) is 6.13. The lowest BCUT2D eigenvalue weighted by Crippen LogP contribution is -1.99. The Morgan fingerprint density at radius 3 is 2.42 bits per heavy atom. The van der Waals surface area contributed by atoms with E-state index in [1.165, 1.54) is 11.1 Å². The Hall–Kier alpha value is -1.68. The van der Waals surface area contributed by atoms with Gasteiger partial charge in [0.15, 0.2) is 0 Å². The molecule has 2 heterocycles. The molecule has 2 aromatic heterocycles. The van der Waals surface area contributed by atoms with Crippen LogP contribution in [0.2, 0.25) is 0 Å². The molecule has 0 spiro atoms. The fourth-order valence-electron chi connectivity index (χ4n) is 2.22. The van der Waals surface area contributed by atoms with Crippen LogP contribution in [0.4, 0.5) is 0 Å². The molecule has 0 atom stereocenters. The van der Waals surface area contributed by atoms with Crippen molar-refractivity contribution in [2.24, 2.45) is 0 Å². The predicted molar refractivity (Wildman–Crippen MR) is 80.8 cm³/mol. The van der Waals surface area contributed by atoms with Crippen LogP contribution >= 0.6 is 15.9 Å². The van der Waals surface area contributed by atoms with Crippen LogP contribution in [0.15, 0.2) is 35.2 Å². The Labute approximate surface area is 120 Å². The number of hydrogen-bond acceptors (Lipinski definition) is 2. The fourth-order valence-corrected chi connectivity index (χ4v) is 2.66. The largest absolute Gasteiger partial charge is 0.283 e. The molecule has 19 heavy (non-hydrogen) atoms. The number of hydrogen-bond donors (Lipinski definition) is 0. The van der Waals surface area contributed by atoms with Crippen molar-refractivity contribution in [2.75, 3.05) is 0 Å². The zero-order valence-electron chi connectivity index (χ0n) is 11.1. The monoisotopic (exact) mass is 315 g/mol. The van der Waals surface area contributed by atoms with E-state index >= 15 is 0 Å². The normalized spacial score (nSPS) is 11.2. The highest BCUT2D eigenvalue weighted by molar-refractivity contribution is 9.10. The van der Waals surface area contributed by atoms with E-state index < -0.39 is 0 Å². The molecule has 0 aliphatic rings. The van der Waals surface area contributed by atoms with Gasteiger partial charge in [-0.15, -0.1) is 0 Å². The van der Waals surface area contributed by atoms with Crippen LogP contribution in [0.1, 0.15) is 16.7 Å². The molecule has 3 nitrogen and oxygen atoms in total. The standard InChI is InChI=1S/C15H14BrN3/c1-9-5-13-14(6-10(9)2)19(8-18-13)15-11(3)4-12(16)7-17-15/h4-8H,1-3H3. The molecule has 0 fully saturated rings. The number of imidazole rings is 1. The summed E-state index contributed by atoms with van der Waals surface area (Å²) in [5, 5.41) is 0. The van der Waals surface area contributed by atoms with Gasteiger partial charge in [0.25, 0.3) is 0 Å². The van der Waals surface area contributed by atoms with Gasteiger partial charge in [0.2, 0.25) is 0 Å². The molecular formula is C15H14BrN3. The number of rotatable bonds is 1. The Balaban J connectivity index is 2.28. The number of aryl methyl sites for hydroxylation is 3. The summed E-state index contributed by atoms with van der Waals surface area (Å²) in [7, 11) is 0. The van der Waals surface area contributed by atoms with Gasteiger partial charge >= 0.3 is 0 Å². The van der Waals surface area contributed by atoms with Crippen molar-refractivity contribution >= 4 is 27.0 Å². The lowest BCUT2D eigenvalue weighted by molar-refractivity contribution is 0.998. The van der Waals surface area contributed by atoms with Gasteiger partial charge < -0.3 is 0 Å². The topological polar surface area (TPSA) is 30.7 Å². The van der Waals surface area contributed by atoms with Crippen LogP contribution < -0.4 is 0 Å². The molecule has 96 valence electrons. The van der Waals surface area contributed by atoms with Gasteiger partial charge in [0.1, 0.15) is 12.1 Å². The summed E-state index contributed by atoms with van der Waals surface area (Å²) < 4.78 is 3.04. The first kappa shape index (κ1) is 12.4. The Morgan fingerprint density at radius 2 is 1.68 bits per heavy atom. The third-order valence-electron chi connectivity index (χ3n) is 3.41. The van der Waals surface area contributed by atoms with Crippen molar-refractivity contribution in [3.63, 3.8) is 0 Å². The summed E-state index contributed by atoms with van der Waals surface area (Å²) in [4.78, 5) is 8.97. The minimum Gasteiger partial charge on any atom is -0.283 e. The second-order valence-corrected chi connectivity index (χ2v) is 5.75. The summed E-state index contributed by atoms with van der Waals surface area (Å²) in [6.07, 6.45) is 3.65. The summed E-state index contributed by atoms with van der Waals surface area (Å²) >= 11 is 3.44.